The standard InChI is InChI=1S/C14H11ClF2O/c15-8-11-7-13(17)5-6-14(11)18-9-10-1-3-12(16)4-2-10/h1-7H,8-9H2. The lowest BCUT2D eigenvalue weighted by atomic mass is 10.2. The number of alkyl halides is 1. The molecule has 0 heterocycles. The molecule has 0 aliphatic carbocycles. The highest BCUT2D eigenvalue weighted by Crippen LogP contribution is 2.22. The molecule has 2 aromatic carbocycles. The summed E-state index contributed by atoms with van der Waals surface area (Å²) >= 11 is 5.71. The molecule has 0 fully saturated rings. The lowest BCUT2D eigenvalue weighted by Gasteiger charge is -2.10. The molecule has 0 aliphatic rings. The number of hydrogen-bond acceptors (Lipinski definition) is 1. The Morgan fingerprint density at radius 3 is 2.28 bits per heavy atom. The quantitative estimate of drug-likeness (QED) is 0.752. The van der Waals surface area contributed by atoms with Crippen LogP contribution >= 0.6 is 11.6 Å². The van der Waals surface area contributed by atoms with Crippen molar-refractivity contribution in [2.45, 2.75) is 12.5 Å². The van der Waals surface area contributed by atoms with E-state index < -0.39 is 0 Å². The Hall–Kier alpha value is -1.61. The molecule has 0 spiro atoms. The van der Waals surface area contributed by atoms with Crippen molar-refractivity contribution in [1.29, 1.82) is 0 Å². The molecule has 2 aromatic rings. The van der Waals surface area contributed by atoms with E-state index in [0.29, 0.717) is 11.3 Å². The van der Waals surface area contributed by atoms with Crippen LogP contribution in [0.4, 0.5) is 8.78 Å². The Balaban J connectivity index is 2.08. The number of halogens is 3. The van der Waals surface area contributed by atoms with Crippen molar-refractivity contribution < 1.29 is 13.5 Å². The Morgan fingerprint density at radius 2 is 1.61 bits per heavy atom. The van der Waals surface area contributed by atoms with E-state index in [4.69, 9.17) is 16.3 Å². The Labute approximate surface area is 109 Å². The summed E-state index contributed by atoms with van der Waals surface area (Å²) in [5.41, 5.74) is 1.43. The summed E-state index contributed by atoms with van der Waals surface area (Å²) in [6.45, 7) is 0.288. The number of benzene rings is 2. The van der Waals surface area contributed by atoms with E-state index in [9.17, 15) is 8.78 Å². The highest BCUT2D eigenvalue weighted by Gasteiger charge is 2.05. The third-order valence-corrected chi connectivity index (χ3v) is 2.76. The SMILES string of the molecule is Fc1ccc(COc2ccc(F)cc2CCl)cc1. The van der Waals surface area contributed by atoms with Crippen LogP contribution in [0.2, 0.25) is 0 Å². The van der Waals surface area contributed by atoms with Crippen molar-refractivity contribution >= 4 is 11.6 Å². The fraction of sp³-hybridized carbons (Fsp3) is 0.143. The molecule has 0 bridgehead atoms. The zero-order valence-corrected chi connectivity index (χ0v) is 10.3. The Bertz CT molecular complexity index is 526. The van der Waals surface area contributed by atoms with Crippen LogP contribution in [0, 0.1) is 11.6 Å². The Morgan fingerprint density at radius 1 is 0.944 bits per heavy atom. The van der Waals surface area contributed by atoms with Gasteiger partial charge in [0.15, 0.2) is 0 Å². The highest BCUT2D eigenvalue weighted by atomic mass is 35.5. The van der Waals surface area contributed by atoms with Crippen LogP contribution in [0.3, 0.4) is 0 Å². The van der Waals surface area contributed by atoms with Gasteiger partial charge in [-0.2, -0.15) is 0 Å². The molecule has 0 N–H and O–H groups in total. The molecule has 0 atom stereocenters. The summed E-state index contributed by atoms with van der Waals surface area (Å²) in [4.78, 5) is 0. The maximum Gasteiger partial charge on any atom is 0.124 e. The van der Waals surface area contributed by atoms with Crippen molar-refractivity contribution in [2.24, 2.45) is 0 Å². The summed E-state index contributed by atoms with van der Waals surface area (Å²) in [5, 5.41) is 0. The van der Waals surface area contributed by atoms with Crippen LogP contribution in [-0.4, -0.2) is 0 Å². The van der Waals surface area contributed by atoms with Crippen molar-refractivity contribution in [3.05, 3.63) is 65.2 Å². The van der Waals surface area contributed by atoms with Crippen molar-refractivity contribution in [3.8, 4) is 5.75 Å². The van der Waals surface area contributed by atoms with Gasteiger partial charge in [-0.15, -0.1) is 11.6 Å². The van der Waals surface area contributed by atoms with E-state index >= 15 is 0 Å². The van der Waals surface area contributed by atoms with E-state index in [1.165, 1.54) is 30.3 Å². The molecule has 18 heavy (non-hydrogen) atoms. The molecule has 0 amide bonds. The zero-order valence-electron chi connectivity index (χ0n) is 9.50. The minimum Gasteiger partial charge on any atom is -0.489 e. The molecule has 4 heteroatoms. The van der Waals surface area contributed by atoms with Gasteiger partial charge in [-0.3, -0.25) is 0 Å². The van der Waals surface area contributed by atoms with E-state index in [-0.39, 0.29) is 24.1 Å². The fourth-order valence-corrected chi connectivity index (χ4v) is 1.74. The van der Waals surface area contributed by atoms with Crippen LogP contribution in [0.15, 0.2) is 42.5 Å². The second-order valence-electron chi connectivity index (χ2n) is 3.80. The summed E-state index contributed by atoms with van der Waals surface area (Å²) < 4.78 is 31.2. The maximum atomic E-state index is 13.0. The normalized spacial score (nSPS) is 10.4. The smallest absolute Gasteiger partial charge is 0.124 e. The highest BCUT2D eigenvalue weighted by molar-refractivity contribution is 6.17. The maximum absolute atomic E-state index is 13.0. The van der Waals surface area contributed by atoms with E-state index in [1.807, 2.05) is 0 Å². The van der Waals surface area contributed by atoms with Gasteiger partial charge in [0.1, 0.15) is 24.0 Å². The first kappa shape index (κ1) is 12.8. The van der Waals surface area contributed by atoms with Crippen LogP contribution in [0.25, 0.3) is 0 Å². The van der Waals surface area contributed by atoms with Gasteiger partial charge in [0.2, 0.25) is 0 Å². The molecule has 0 saturated heterocycles. The predicted octanol–water partition coefficient (Wildman–Crippen LogP) is 4.28. The van der Waals surface area contributed by atoms with E-state index in [0.717, 1.165) is 5.56 Å². The number of hydrogen-bond donors (Lipinski definition) is 0. The topological polar surface area (TPSA) is 9.23 Å². The first-order chi connectivity index (χ1) is 8.69. The van der Waals surface area contributed by atoms with Crippen LogP contribution in [0.5, 0.6) is 5.75 Å². The van der Waals surface area contributed by atoms with Crippen LogP contribution < -0.4 is 4.74 Å². The number of rotatable bonds is 4. The van der Waals surface area contributed by atoms with Gasteiger partial charge in [0, 0.05) is 5.56 Å². The number of ether oxygens (including phenoxy) is 1. The third-order valence-electron chi connectivity index (χ3n) is 2.47. The van der Waals surface area contributed by atoms with Gasteiger partial charge < -0.3 is 4.74 Å². The zero-order chi connectivity index (χ0) is 13.0. The van der Waals surface area contributed by atoms with Crippen molar-refractivity contribution in [1.82, 2.24) is 0 Å². The largest absolute Gasteiger partial charge is 0.489 e. The van der Waals surface area contributed by atoms with Crippen molar-refractivity contribution in [3.63, 3.8) is 0 Å². The molecule has 0 saturated carbocycles. The lowest BCUT2D eigenvalue weighted by Crippen LogP contribution is -1.98. The summed E-state index contributed by atoms with van der Waals surface area (Å²) in [5.74, 6) is 0.0775. The molecule has 94 valence electrons. The molecular formula is C14H11ClF2O. The summed E-state index contributed by atoms with van der Waals surface area (Å²) in [6, 6.07) is 10.2. The van der Waals surface area contributed by atoms with Gasteiger partial charge in [-0.25, -0.2) is 8.78 Å². The van der Waals surface area contributed by atoms with Gasteiger partial charge in [-0.05, 0) is 35.9 Å². The first-order valence-corrected chi connectivity index (χ1v) is 5.94. The summed E-state index contributed by atoms with van der Waals surface area (Å²) in [6.07, 6.45) is 0. The van der Waals surface area contributed by atoms with Gasteiger partial charge in [0.25, 0.3) is 0 Å². The monoisotopic (exact) mass is 268 g/mol. The molecular weight excluding hydrogens is 258 g/mol. The predicted molar refractivity (Wildman–Crippen MR) is 66.7 cm³/mol. The minimum absolute atomic E-state index is 0.177. The first-order valence-electron chi connectivity index (χ1n) is 5.40. The van der Waals surface area contributed by atoms with Gasteiger partial charge >= 0.3 is 0 Å². The lowest BCUT2D eigenvalue weighted by molar-refractivity contribution is 0.303. The molecule has 0 aromatic heterocycles. The molecule has 2 rings (SSSR count). The van der Waals surface area contributed by atoms with E-state index in [1.54, 1.807) is 12.1 Å². The van der Waals surface area contributed by atoms with E-state index in [2.05, 4.69) is 0 Å². The average Bonchev–Trinajstić information content (AvgIpc) is 2.39. The Kier molecular flexibility index (Phi) is 4.15. The average molecular weight is 269 g/mol. The third kappa shape index (κ3) is 3.20. The van der Waals surface area contributed by atoms with Gasteiger partial charge in [-0.1, -0.05) is 12.1 Å². The second-order valence-corrected chi connectivity index (χ2v) is 4.07. The van der Waals surface area contributed by atoms with Crippen LogP contribution in [0.1, 0.15) is 11.1 Å². The minimum atomic E-state index is -0.347. The molecule has 0 radical (unpaired) electrons. The van der Waals surface area contributed by atoms with Crippen LogP contribution in [-0.2, 0) is 12.5 Å². The fourth-order valence-electron chi connectivity index (χ4n) is 1.53. The second kappa shape index (κ2) is 5.83. The molecule has 0 unspecified atom stereocenters. The summed E-state index contributed by atoms with van der Waals surface area (Å²) in [7, 11) is 0. The van der Waals surface area contributed by atoms with Crippen molar-refractivity contribution in [2.75, 3.05) is 0 Å². The molecule has 1 nitrogen and oxygen atoms in total. The van der Waals surface area contributed by atoms with Gasteiger partial charge in [0.05, 0.1) is 5.88 Å². The molecule has 0 aliphatic heterocycles.